The van der Waals surface area contributed by atoms with Gasteiger partial charge < -0.3 is 4.74 Å². The molecule has 1 aromatic carbocycles. The van der Waals surface area contributed by atoms with E-state index in [2.05, 4.69) is 38.0 Å². The van der Waals surface area contributed by atoms with Crippen LogP contribution in [0.15, 0.2) is 22.6 Å². The molecular weight excluding hydrogens is 288 g/mol. The molecule has 1 heterocycles. The van der Waals surface area contributed by atoms with Crippen molar-refractivity contribution in [1.82, 2.24) is 0 Å². The Morgan fingerprint density at radius 2 is 1.95 bits per heavy atom. The number of thiol groups is 1. The number of rotatable bonds is 1. The number of nitro benzene ring substituents is 1. The van der Waals surface area contributed by atoms with Gasteiger partial charge >= 0.3 is 0 Å². The normalized spacial score (nSPS) is 17.6. The third kappa shape index (κ3) is 5.04. The number of benzene rings is 1. The number of nitro groups is 1. The Labute approximate surface area is 131 Å². The summed E-state index contributed by atoms with van der Waals surface area (Å²) >= 11 is 3.91. The lowest BCUT2D eigenvalue weighted by molar-refractivity contribution is -0.384. The summed E-state index contributed by atoms with van der Waals surface area (Å²) in [5.74, 6) is 1.44. The van der Waals surface area contributed by atoms with E-state index in [1.54, 1.807) is 6.07 Å². The van der Waals surface area contributed by atoms with Gasteiger partial charge in [0.25, 0.3) is 5.69 Å². The highest BCUT2D eigenvalue weighted by atomic mass is 32.1. The van der Waals surface area contributed by atoms with Gasteiger partial charge in [-0.2, -0.15) is 0 Å². The number of hydrogen-bond acceptors (Lipinski definition) is 5. The number of non-ortho nitro benzene ring substituents is 1. The van der Waals surface area contributed by atoms with E-state index in [0.29, 0.717) is 23.4 Å². The molecule has 0 amide bonds. The van der Waals surface area contributed by atoms with Crippen molar-refractivity contribution in [3.63, 3.8) is 0 Å². The molecule has 1 aromatic rings. The van der Waals surface area contributed by atoms with Crippen LogP contribution in [0.4, 0.5) is 5.69 Å². The monoisotopic (exact) mass is 310 g/mol. The highest BCUT2D eigenvalue weighted by molar-refractivity contribution is 7.79. The predicted molar refractivity (Wildman–Crippen MR) is 88.5 cm³/mol. The highest BCUT2D eigenvalue weighted by Gasteiger charge is 2.32. The van der Waals surface area contributed by atoms with Gasteiger partial charge in [0.05, 0.1) is 10.6 Å². The Kier molecular flexibility index (Phi) is 5.78. The molecule has 0 aliphatic carbocycles. The topological polar surface area (TPSA) is 64.7 Å². The van der Waals surface area contributed by atoms with Gasteiger partial charge in [-0.05, 0) is 38.6 Å². The van der Waals surface area contributed by atoms with Crippen LogP contribution >= 0.6 is 12.8 Å². The molecule has 0 atom stereocenters. The molecule has 0 unspecified atom stereocenters. The van der Waals surface area contributed by atoms with Crippen LogP contribution in [-0.2, 0) is 0 Å². The smallest absolute Gasteiger partial charge is 0.270 e. The van der Waals surface area contributed by atoms with E-state index < -0.39 is 4.92 Å². The molecular formula is C15H22N2O3S. The second-order valence-electron chi connectivity index (χ2n) is 6.25. The molecule has 6 heteroatoms. The first-order chi connectivity index (χ1) is 9.66. The summed E-state index contributed by atoms with van der Waals surface area (Å²) in [6.07, 6.45) is 0.574. The first-order valence-corrected chi connectivity index (χ1v) is 7.25. The van der Waals surface area contributed by atoms with Gasteiger partial charge in [0.15, 0.2) is 0 Å². The molecule has 5 nitrogen and oxygen atoms in total. The van der Waals surface area contributed by atoms with Crippen molar-refractivity contribution in [3.8, 4) is 5.75 Å². The summed E-state index contributed by atoms with van der Waals surface area (Å²) in [6, 6.07) is 4.50. The molecule has 0 aromatic heterocycles. The Morgan fingerprint density at radius 3 is 2.43 bits per heavy atom. The van der Waals surface area contributed by atoms with Crippen molar-refractivity contribution in [3.05, 3.63) is 33.9 Å². The molecule has 0 N–H and O–H groups in total. The number of nitrogens with zero attached hydrogens (tertiary/aromatic N) is 2. The summed E-state index contributed by atoms with van der Waals surface area (Å²) < 4.78 is 9.64. The molecule has 1 aliphatic rings. The summed E-state index contributed by atoms with van der Waals surface area (Å²) in [5.41, 5.74) is 1.02. The maximum Gasteiger partial charge on any atom is 0.270 e. The van der Waals surface area contributed by atoms with E-state index in [1.807, 2.05) is 13.8 Å². The Morgan fingerprint density at radius 1 is 1.38 bits per heavy atom. The molecule has 0 fully saturated rings. The fourth-order valence-electron chi connectivity index (χ4n) is 1.87. The molecule has 0 saturated carbocycles. The fraction of sp³-hybridized carbons (Fsp3) is 0.533. The SMILES string of the molecule is CC(C)C.CC1(C)C/C(=N\S)c2cc([N+](=O)[O-])ccc2O1. The summed E-state index contributed by atoms with van der Waals surface area (Å²) in [4.78, 5) is 10.3. The Hall–Kier alpha value is -1.56. The van der Waals surface area contributed by atoms with Crippen LogP contribution in [0.5, 0.6) is 5.75 Å². The zero-order chi connectivity index (χ0) is 16.2. The van der Waals surface area contributed by atoms with Gasteiger partial charge in [-0.15, -0.1) is 0 Å². The molecule has 0 bridgehead atoms. The van der Waals surface area contributed by atoms with Crippen molar-refractivity contribution in [1.29, 1.82) is 0 Å². The predicted octanol–water partition coefficient (Wildman–Crippen LogP) is 4.45. The van der Waals surface area contributed by atoms with Crippen molar-refractivity contribution in [2.45, 2.75) is 46.6 Å². The maximum atomic E-state index is 10.7. The van der Waals surface area contributed by atoms with Crippen LogP contribution in [0.2, 0.25) is 0 Å². The van der Waals surface area contributed by atoms with Crippen molar-refractivity contribution < 1.29 is 9.66 Å². The first-order valence-electron chi connectivity index (χ1n) is 6.85. The summed E-state index contributed by atoms with van der Waals surface area (Å²) in [5, 5.41) is 10.7. The van der Waals surface area contributed by atoms with Crippen LogP contribution < -0.4 is 4.74 Å². The number of fused-ring (bicyclic) bond motifs is 1. The Bertz CT molecular complexity index is 551. The van der Waals surface area contributed by atoms with Gasteiger partial charge in [-0.1, -0.05) is 20.8 Å². The standard InChI is InChI=1S/C11H12N2O3S.C4H10/c1-11(2)6-9(12-17)8-5-7(13(14)15)3-4-10(8)16-11;1-4(2)3/h3-5,17H,6H2,1-2H3;4H,1-3H3/b12-9+;. The fourth-order valence-corrected chi connectivity index (χ4v) is 2.05. The third-order valence-corrected chi connectivity index (χ3v) is 2.83. The molecule has 116 valence electrons. The Balaban J connectivity index is 0.000000491. The summed E-state index contributed by atoms with van der Waals surface area (Å²) in [6.45, 7) is 10.4. The van der Waals surface area contributed by atoms with E-state index in [0.717, 1.165) is 5.92 Å². The van der Waals surface area contributed by atoms with Gasteiger partial charge in [-0.25, -0.2) is 4.40 Å². The number of ether oxygens (including phenoxy) is 1. The lowest BCUT2D eigenvalue weighted by Crippen LogP contribution is -2.36. The lowest BCUT2D eigenvalue weighted by Gasteiger charge is -2.32. The van der Waals surface area contributed by atoms with E-state index in [9.17, 15) is 10.1 Å². The quantitative estimate of drug-likeness (QED) is 0.473. The van der Waals surface area contributed by atoms with Crippen LogP contribution in [-0.4, -0.2) is 16.2 Å². The maximum absolute atomic E-state index is 10.7. The van der Waals surface area contributed by atoms with Gasteiger partial charge in [0.2, 0.25) is 0 Å². The van der Waals surface area contributed by atoms with Crippen molar-refractivity contribution >= 4 is 24.2 Å². The largest absolute Gasteiger partial charge is 0.487 e. The lowest BCUT2D eigenvalue weighted by atomic mass is 9.92. The molecule has 2 rings (SSSR count). The van der Waals surface area contributed by atoms with Crippen molar-refractivity contribution in [2.24, 2.45) is 10.3 Å². The minimum absolute atomic E-state index is 0.0292. The molecule has 21 heavy (non-hydrogen) atoms. The van der Waals surface area contributed by atoms with Crippen LogP contribution in [0.1, 0.15) is 46.6 Å². The molecule has 0 spiro atoms. The first kappa shape index (κ1) is 17.5. The zero-order valence-electron chi connectivity index (χ0n) is 13.1. The van der Waals surface area contributed by atoms with E-state index in [-0.39, 0.29) is 11.3 Å². The van der Waals surface area contributed by atoms with Crippen LogP contribution in [0.3, 0.4) is 0 Å². The van der Waals surface area contributed by atoms with E-state index in [4.69, 9.17) is 4.74 Å². The minimum atomic E-state index is -0.434. The highest BCUT2D eigenvalue weighted by Crippen LogP contribution is 2.35. The molecule has 0 saturated heterocycles. The van der Waals surface area contributed by atoms with Crippen LogP contribution in [0.25, 0.3) is 0 Å². The third-order valence-electron chi connectivity index (χ3n) is 2.58. The van der Waals surface area contributed by atoms with Crippen LogP contribution in [0, 0.1) is 16.0 Å². The van der Waals surface area contributed by atoms with E-state index >= 15 is 0 Å². The molecule has 0 radical (unpaired) electrons. The average molecular weight is 310 g/mol. The second kappa shape index (κ2) is 6.93. The van der Waals surface area contributed by atoms with Gasteiger partial charge in [0.1, 0.15) is 11.4 Å². The van der Waals surface area contributed by atoms with E-state index in [1.165, 1.54) is 12.1 Å². The van der Waals surface area contributed by atoms with Gasteiger partial charge in [-0.3, -0.25) is 10.1 Å². The number of hydrogen-bond donors (Lipinski definition) is 1. The summed E-state index contributed by atoms with van der Waals surface area (Å²) in [7, 11) is 0. The average Bonchev–Trinajstić information content (AvgIpc) is 2.35. The molecule has 1 aliphatic heterocycles. The minimum Gasteiger partial charge on any atom is -0.487 e. The van der Waals surface area contributed by atoms with Gasteiger partial charge in [0, 0.05) is 24.1 Å². The zero-order valence-corrected chi connectivity index (χ0v) is 14.0. The van der Waals surface area contributed by atoms with Crippen molar-refractivity contribution in [2.75, 3.05) is 0 Å². The second-order valence-corrected chi connectivity index (χ2v) is 6.45.